The summed E-state index contributed by atoms with van der Waals surface area (Å²) in [6.45, 7) is 4.48. The minimum atomic E-state index is -0.365. The van der Waals surface area contributed by atoms with E-state index in [1.165, 1.54) is 6.07 Å². The van der Waals surface area contributed by atoms with Crippen LogP contribution < -0.4 is 5.32 Å². The van der Waals surface area contributed by atoms with Gasteiger partial charge in [0.25, 0.3) is 5.69 Å². The topological polar surface area (TPSA) is 73.0 Å². The van der Waals surface area contributed by atoms with E-state index in [1.807, 2.05) is 32.2 Å². The molecule has 2 rings (SSSR count). The molecule has 0 spiro atoms. The molecule has 19 heavy (non-hydrogen) atoms. The molecule has 1 unspecified atom stereocenters. The van der Waals surface area contributed by atoms with Crippen molar-refractivity contribution in [3.8, 4) is 0 Å². The zero-order valence-corrected chi connectivity index (χ0v) is 10.9. The summed E-state index contributed by atoms with van der Waals surface area (Å²) in [6, 6.07) is 6.95. The number of nitro groups is 1. The lowest BCUT2D eigenvalue weighted by molar-refractivity contribution is -0.384. The van der Waals surface area contributed by atoms with Crippen molar-refractivity contribution in [2.45, 2.75) is 26.4 Å². The average molecular weight is 260 g/mol. The number of aryl methyl sites for hydroxylation is 1. The fourth-order valence-electron chi connectivity index (χ4n) is 1.97. The first-order valence-corrected chi connectivity index (χ1v) is 6.06. The Labute approximate surface area is 111 Å². The highest BCUT2D eigenvalue weighted by Gasteiger charge is 2.17. The molecule has 0 aliphatic heterocycles. The molecule has 6 nitrogen and oxygen atoms in total. The zero-order chi connectivity index (χ0) is 13.8. The molecule has 0 aliphatic carbocycles. The lowest BCUT2D eigenvalue weighted by Crippen LogP contribution is -2.23. The van der Waals surface area contributed by atoms with E-state index in [-0.39, 0.29) is 16.7 Å². The van der Waals surface area contributed by atoms with E-state index in [9.17, 15) is 10.1 Å². The number of hydrogen-bond acceptors (Lipinski definition) is 4. The largest absolute Gasteiger partial charge is 0.375 e. The van der Waals surface area contributed by atoms with Crippen LogP contribution in [0.1, 0.15) is 12.5 Å². The maximum absolute atomic E-state index is 11.0. The number of nitrogens with one attached hydrogen (secondary N) is 1. The highest BCUT2D eigenvalue weighted by atomic mass is 16.6. The quantitative estimate of drug-likeness (QED) is 0.662. The Morgan fingerprint density at radius 3 is 2.89 bits per heavy atom. The summed E-state index contributed by atoms with van der Waals surface area (Å²) >= 11 is 0. The SMILES string of the molecule is Cc1cccc([N+](=O)[O-])c1NC(C)Cn1cccn1. The third-order valence-electron chi connectivity index (χ3n) is 2.86. The number of aromatic nitrogens is 2. The summed E-state index contributed by atoms with van der Waals surface area (Å²) in [4.78, 5) is 10.7. The number of benzene rings is 1. The number of hydrogen-bond donors (Lipinski definition) is 1. The molecule has 0 fully saturated rings. The molecule has 100 valence electrons. The normalized spacial score (nSPS) is 12.1. The van der Waals surface area contributed by atoms with Crippen molar-refractivity contribution in [2.75, 3.05) is 5.32 Å². The van der Waals surface area contributed by atoms with Crippen molar-refractivity contribution >= 4 is 11.4 Å². The summed E-state index contributed by atoms with van der Waals surface area (Å²) in [7, 11) is 0. The predicted molar refractivity (Wildman–Crippen MR) is 73.1 cm³/mol. The van der Waals surface area contributed by atoms with Gasteiger partial charge in [0.1, 0.15) is 5.69 Å². The molecule has 2 aromatic rings. The molecular weight excluding hydrogens is 244 g/mol. The molecule has 0 aliphatic rings. The Morgan fingerprint density at radius 2 is 2.26 bits per heavy atom. The van der Waals surface area contributed by atoms with Crippen molar-refractivity contribution < 1.29 is 4.92 Å². The van der Waals surface area contributed by atoms with Gasteiger partial charge in [-0.15, -0.1) is 0 Å². The smallest absolute Gasteiger partial charge is 0.292 e. The summed E-state index contributed by atoms with van der Waals surface area (Å²) in [5.41, 5.74) is 1.54. The average Bonchev–Trinajstić information content (AvgIpc) is 2.84. The van der Waals surface area contributed by atoms with Crippen LogP contribution in [0.2, 0.25) is 0 Å². The first-order valence-electron chi connectivity index (χ1n) is 6.06. The van der Waals surface area contributed by atoms with Crippen LogP contribution in [0.4, 0.5) is 11.4 Å². The molecule has 1 aromatic heterocycles. The Hall–Kier alpha value is -2.37. The fraction of sp³-hybridized carbons (Fsp3) is 0.308. The van der Waals surface area contributed by atoms with E-state index in [4.69, 9.17) is 0 Å². The van der Waals surface area contributed by atoms with Gasteiger partial charge in [0, 0.05) is 24.5 Å². The molecule has 0 radical (unpaired) electrons. The van der Waals surface area contributed by atoms with E-state index < -0.39 is 0 Å². The summed E-state index contributed by atoms with van der Waals surface area (Å²) in [5.74, 6) is 0. The van der Waals surface area contributed by atoms with Crippen molar-refractivity contribution in [1.29, 1.82) is 0 Å². The van der Waals surface area contributed by atoms with Crippen LogP contribution >= 0.6 is 0 Å². The lowest BCUT2D eigenvalue weighted by Gasteiger charge is -2.17. The second kappa shape index (κ2) is 5.51. The van der Waals surface area contributed by atoms with Crippen LogP contribution in [0, 0.1) is 17.0 Å². The first kappa shape index (κ1) is 13.1. The summed E-state index contributed by atoms with van der Waals surface area (Å²) < 4.78 is 1.79. The van der Waals surface area contributed by atoms with E-state index in [0.717, 1.165) is 5.56 Å². The number of para-hydroxylation sites is 1. The molecule has 0 amide bonds. The van der Waals surface area contributed by atoms with E-state index >= 15 is 0 Å². The standard InChI is InChI=1S/C13H16N4O2/c1-10-5-3-6-12(17(18)19)13(10)15-11(2)9-16-8-4-7-14-16/h3-8,11,15H,9H2,1-2H3. The summed E-state index contributed by atoms with van der Waals surface area (Å²) in [5, 5.41) is 18.3. The molecule has 0 saturated carbocycles. The van der Waals surface area contributed by atoms with Crippen LogP contribution in [-0.2, 0) is 6.54 Å². The molecule has 1 aromatic carbocycles. The van der Waals surface area contributed by atoms with E-state index in [1.54, 1.807) is 16.9 Å². The van der Waals surface area contributed by atoms with Gasteiger partial charge in [0.05, 0.1) is 11.5 Å². The molecule has 6 heteroatoms. The second-order valence-corrected chi connectivity index (χ2v) is 4.50. The molecule has 0 saturated heterocycles. The number of rotatable bonds is 5. The van der Waals surface area contributed by atoms with Crippen molar-refractivity contribution in [3.63, 3.8) is 0 Å². The van der Waals surface area contributed by atoms with Crippen LogP contribution in [0.15, 0.2) is 36.7 Å². The second-order valence-electron chi connectivity index (χ2n) is 4.50. The molecular formula is C13H16N4O2. The molecule has 1 heterocycles. The van der Waals surface area contributed by atoms with E-state index in [0.29, 0.717) is 12.2 Å². The fourth-order valence-corrected chi connectivity index (χ4v) is 1.97. The van der Waals surface area contributed by atoms with Gasteiger partial charge in [-0.1, -0.05) is 12.1 Å². The van der Waals surface area contributed by atoms with E-state index in [2.05, 4.69) is 10.4 Å². The van der Waals surface area contributed by atoms with Gasteiger partial charge in [0.2, 0.25) is 0 Å². The number of nitrogens with zero attached hydrogens (tertiary/aromatic N) is 3. The number of nitro benzene ring substituents is 1. The number of anilines is 1. The molecule has 1 N–H and O–H groups in total. The first-order chi connectivity index (χ1) is 9.08. The lowest BCUT2D eigenvalue weighted by atomic mass is 10.1. The van der Waals surface area contributed by atoms with Gasteiger partial charge in [0.15, 0.2) is 0 Å². The third-order valence-corrected chi connectivity index (χ3v) is 2.86. The molecule has 1 atom stereocenters. The maximum Gasteiger partial charge on any atom is 0.292 e. The van der Waals surface area contributed by atoms with Gasteiger partial charge in [-0.3, -0.25) is 14.8 Å². The monoisotopic (exact) mass is 260 g/mol. The van der Waals surface area contributed by atoms with Crippen molar-refractivity contribution in [3.05, 3.63) is 52.3 Å². The van der Waals surface area contributed by atoms with Crippen molar-refractivity contribution in [2.24, 2.45) is 0 Å². The third kappa shape index (κ3) is 3.09. The van der Waals surface area contributed by atoms with Crippen molar-refractivity contribution in [1.82, 2.24) is 9.78 Å². The Morgan fingerprint density at radius 1 is 1.47 bits per heavy atom. The van der Waals surface area contributed by atoms with Crippen LogP contribution in [0.3, 0.4) is 0 Å². The Bertz CT molecular complexity index is 566. The van der Waals surface area contributed by atoms with Gasteiger partial charge >= 0.3 is 0 Å². The Balaban J connectivity index is 2.16. The van der Waals surface area contributed by atoms with Gasteiger partial charge in [-0.2, -0.15) is 5.10 Å². The van der Waals surface area contributed by atoms with Crippen LogP contribution in [-0.4, -0.2) is 20.7 Å². The van der Waals surface area contributed by atoms with Gasteiger partial charge < -0.3 is 5.32 Å². The zero-order valence-electron chi connectivity index (χ0n) is 10.9. The van der Waals surface area contributed by atoms with Gasteiger partial charge in [-0.25, -0.2) is 0 Å². The highest BCUT2D eigenvalue weighted by molar-refractivity contribution is 5.66. The van der Waals surface area contributed by atoms with Gasteiger partial charge in [-0.05, 0) is 25.5 Å². The minimum Gasteiger partial charge on any atom is -0.375 e. The predicted octanol–water partition coefficient (Wildman–Crippen LogP) is 2.60. The van der Waals surface area contributed by atoms with Crippen LogP contribution in [0.25, 0.3) is 0 Å². The summed E-state index contributed by atoms with van der Waals surface area (Å²) in [6.07, 6.45) is 3.58. The van der Waals surface area contributed by atoms with Crippen LogP contribution in [0.5, 0.6) is 0 Å². The Kier molecular flexibility index (Phi) is 3.79. The highest BCUT2D eigenvalue weighted by Crippen LogP contribution is 2.28. The minimum absolute atomic E-state index is 0.0414. The maximum atomic E-state index is 11.0. The molecule has 0 bridgehead atoms.